The van der Waals surface area contributed by atoms with Gasteiger partial charge < -0.3 is 4.90 Å². The molecule has 1 spiro atoms. The van der Waals surface area contributed by atoms with Crippen molar-refractivity contribution >= 4 is 104 Å². The van der Waals surface area contributed by atoms with Gasteiger partial charge in [0.05, 0.1) is 0 Å². The smallest absolute Gasteiger partial charge is 0.246 e. The van der Waals surface area contributed by atoms with Crippen molar-refractivity contribution < 1.29 is 0 Å². The molecule has 216 valence electrons. The molecule has 0 amide bonds. The van der Waals surface area contributed by atoms with Crippen LogP contribution in [0, 0.1) is 0 Å². The molecule has 0 bridgehead atoms. The van der Waals surface area contributed by atoms with Crippen LogP contribution in [0.2, 0.25) is 0 Å². The van der Waals surface area contributed by atoms with Crippen LogP contribution in [0.3, 0.4) is 0 Å². The molecule has 0 fully saturated rings. The Morgan fingerprint density at radius 3 is 1.66 bits per heavy atom. The number of nitrogens with zero attached hydrogens (tertiary/aromatic N) is 1. The quantitative estimate of drug-likeness (QED) is 0.258. The Morgan fingerprint density at radius 2 is 0.894 bits per heavy atom. The van der Waals surface area contributed by atoms with E-state index in [1.807, 2.05) is 11.8 Å². The summed E-state index contributed by atoms with van der Waals surface area (Å²) in [4.78, 5) is 5.31. The Bertz CT molecular complexity index is 2430. The zero-order valence-corrected chi connectivity index (χ0v) is 27.4. The van der Waals surface area contributed by atoms with Gasteiger partial charge in [-0.1, -0.05) is 161 Å². The van der Waals surface area contributed by atoms with Crippen LogP contribution in [0.25, 0.3) is 0 Å². The summed E-state index contributed by atoms with van der Waals surface area (Å²) in [5.41, 5.74) is 12.6. The van der Waals surface area contributed by atoms with Crippen molar-refractivity contribution in [1.82, 2.24) is 0 Å². The van der Waals surface area contributed by atoms with Gasteiger partial charge in [-0.25, -0.2) is 0 Å². The largest absolute Gasteiger partial charge is 0.312 e. The maximum atomic E-state index is 2.52. The number of anilines is 3. The molecule has 11 rings (SSSR count). The van der Waals surface area contributed by atoms with Crippen molar-refractivity contribution in [3.63, 3.8) is 0 Å². The van der Waals surface area contributed by atoms with E-state index >= 15 is 0 Å². The van der Waals surface area contributed by atoms with Crippen molar-refractivity contribution in [3.05, 3.63) is 164 Å². The molecule has 0 aliphatic carbocycles. The van der Waals surface area contributed by atoms with E-state index in [2.05, 4.69) is 169 Å². The van der Waals surface area contributed by atoms with Crippen molar-refractivity contribution in [2.24, 2.45) is 0 Å². The number of fused-ring (bicyclic) bond motifs is 12. The van der Waals surface area contributed by atoms with E-state index < -0.39 is 8.07 Å². The van der Waals surface area contributed by atoms with Crippen molar-refractivity contribution in [2.45, 2.75) is 9.79 Å². The predicted octanol–water partition coefficient (Wildman–Crippen LogP) is 2.97. The van der Waals surface area contributed by atoms with Crippen molar-refractivity contribution in [3.8, 4) is 0 Å². The highest BCUT2D eigenvalue weighted by Gasteiger charge is 2.57. The van der Waals surface area contributed by atoms with E-state index in [0.29, 0.717) is 0 Å². The first-order valence-corrected chi connectivity index (χ1v) is 19.3. The highest BCUT2D eigenvalue weighted by Crippen LogP contribution is 2.37. The van der Waals surface area contributed by atoms with Crippen molar-refractivity contribution in [1.29, 1.82) is 0 Å². The van der Waals surface area contributed by atoms with Crippen LogP contribution in [0.5, 0.6) is 0 Å². The monoisotopic (exact) mass is 627 g/mol. The van der Waals surface area contributed by atoms with Gasteiger partial charge in [0.2, 0.25) is 13.4 Å². The van der Waals surface area contributed by atoms with E-state index in [0.717, 1.165) is 0 Å². The number of benzene rings is 7. The Morgan fingerprint density at radius 1 is 0.383 bits per heavy atom. The van der Waals surface area contributed by atoms with Crippen LogP contribution >= 0.6 is 11.8 Å². The molecule has 0 radical (unpaired) electrons. The highest BCUT2D eigenvalue weighted by atomic mass is 32.2. The Labute approximate surface area is 281 Å². The Kier molecular flexibility index (Phi) is 5.31. The molecule has 7 aromatic rings. The molecule has 1 nitrogen and oxygen atoms in total. The molecule has 0 aromatic heterocycles. The van der Waals surface area contributed by atoms with Gasteiger partial charge in [0, 0.05) is 26.9 Å². The summed E-state index contributed by atoms with van der Waals surface area (Å²) in [6.07, 6.45) is 0. The third kappa shape index (κ3) is 3.23. The van der Waals surface area contributed by atoms with Gasteiger partial charge in [0.25, 0.3) is 0 Å². The molecular weight excluding hydrogens is 600 g/mol. The summed E-state index contributed by atoms with van der Waals surface area (Å²) in [6, 6.07) is 62.5. The highest BCUT2D eigenvalue weighted by molar-refractivity contribution is 8.00. The second-order valence-electron chi connectivity index (χ2n) is 13.1. The number of hydrogen-bond acceptors (Lipinski definition) is 2. The second kappa shape index (κ2) is 9.54. The molecule has 4 aliphatic rings. The fourth-order valence-electron chi connectivity index (χ4n) is 9.49. The van der Waals surface area contributed by atoms with Crippen LogP contribution in [0.4, 0.5) is 17.1 Å². The van der Waals surface area contributed by atoms with E-state index in [4.69, 9.17) is 0 Å². The molecular formula is C42H27B2NSSi. The van der Waals surface area contributed by atoms with Gasteiger partial charge in [-0.15, -0.1) is 0 Å². The lowest BCUT2D eigenvalue weighted by molar-refractivity contribution is 1.29. The van der Waals surface area contributed by atoms with Gasteiger partial charge in [-0.2, -0.15) is 0 Å². The lowest BCUT2D eigenvalue weighted by Crippen LogP contribution is -2.93. The van der Waals surface area contributed by atoms with E-state index in [1.165, 1.54) is 64.8 Å². The first-order chi connectivity index (χ1) is 23.4. The summed E-state index contributed by atoms with van der Waals surface area (Å²) in [5, 5.41) is 6.18. The minimum Gasteiger partial charge on any atom is -0.312 e. The summed E-state index contributed by atoms with van der Waals surface area (Å²) in [6.45, 7) is 0.408. The summed E-state index contributed by atoms with van der Waals surface area (Å²) >= 11 is 1.96. The summed E-state index contributed by atoms with van der Waals surface area (Å²) in [5.74, 6) is 0. The first-order valence-electron chi connectivity index (χ1n) is 16.5. The minimum absolute atomic E-state index is 0.172. The number of rotatable bonds is 1. The van der Waals surface area contributed by atoms with Crippen LogP contribution < -0.4 is 58.4 Å². The average Bonchev–Trinajstić information content (AvgIpc) is 3.14. The zero-order valence-electron chi connectivity index (χ0n) is 25.6. The molecule has 0 saturated carbocycles. The maximum absolute atomic E-state index is 2.78. The Hall–Kier alpha value is -4.96. The van der Waals surface area contributed by atoms with Gasteiger partial charge in [-0.3, -0.25) is 0 Å². The second-order valence-corrected chi connectivity index (χ2v) is 17.9. The van der Waals surface area contributed by atoms with E-state index in [9.17, 15) is 0 Å². The molecule has 1 unspecified atom stereocenters. The SMILES string of the molecule is c1ccc(N2c3ccccc3B3c4ccccc4[Si]4(c5ccccc5B5c6ccccc6Sc6cccc4c65)c4cccc2c43)cc1. The van der Waals surface area contributed by atoms with Gasteiger partial charge >= 0.3 is 0 Å². The minimum atomic E-state index is -2.78. The fraction of sp³-hybridized carbons (Fsp3) is 0. The average molecular weight is 627 g/mol. The first kappa shape index (κ1) is 26.1. The zero-order chi connectivity index (χ0) is 30.7. The lowest BCUT2D eigenvalue weighted by Gasteiger charge is -2.51. The molecule has 0 saturated heterocycles. The molecule has 4 heterocycles. The normalized spacial score (nSPS) is 17.2. The van der Waals surface area contributed by atoms with E-state index in [1.54, 1.807) is 15.6 Å². The van der Waals surface area contributed by atoms with Crippen molar-refractivity contribution in [2.75, 3.05) is 4.90 Å². The predicted molar refractivity (Wildman–Crippen MR) is 205 cm³/mol. The molecule has 0 N–H and O–H groups in total. The van der Waals surface area contributed by atoms with Gasteiger partial charge in [0.15, 0.2) is 8.07 Å². The molecule has 5 heteroatoms. The van der Waals surface area contributed by atoms with Crippen LogP contribution in [-0.2, 0) is 0 Å². The fourth-order valence-corrected chi connectivity index (χ4v) is 16.6. The Balaban J connectivity index is 1.31. The van der Waals surface area contributed by atoms with Crippen LogP contribution in [0.1, 0.15) is 0 Å². The molecule has 1 atom stereocenters. The van der Waals surface area contributed by atoms with Gasteiger partial charge in [0.1, 0.15) is 0 Å². The number of para-hydroxylation sites is 2. The topological polar surface area (TPSA) is 3.24 Å². The molecule has 4 aliphatic heterocycles. The molecule has 47 heavy (non-hydrogen) atoms. The van der Waals surface area contributed by atoms with Crippen LogP contribution in [0.15, 0.2) is 174 Å². The third-order valence-corrected chi connectivity index (χ3v) is 17.3. The van der Waals surface area contributed by atoms with Crippen LogP contribution in [-0.4, -0.2) is 21.5 Å². The number of hydrogen-bond donors (Lipinski definition) is 0. The van der Waals surface area contributed by atoms with E-state index in [-0.39, 0.29) is 13.4 Å². The standard InChI is InChI=1S/C42H27B2NSSi/c1-2-14-28(15-3-1)45-33-20-8-4-16-29(33)43-31-18-6-10-24-37(31)47(39-26-12-21-34(45)41(39)43)38-25-11-7-19-32(38)44-30-17-5-9-22-35(30)46-36-23-13-27-40(47)42(36)44/h1-27H. The third-order valence-electron chi connectivity index (χ3n) is 11.1. The summed E-state index contributed by atoms with van der Waals surface area (Å²) in [7, 11) is -2.78. The summed E-state index contributed by atoms with van der Waals surface area (Å²) < 4.78 is 0. The maximum Gasteiger partial charge on any atom is 0.246 e. The van der Waals surface area contributed by atoms with Gasteiger partial charge in [-0.05, 0) is 68.1 Å². The lowest BCUT2D eigenvalue weighted by atomic mass is 9.34. The molecule has 7 aromatic carbocycles.